The second kappa shape index (κ2) is 8.13. The summed E-state index contributed by atoms with van der Waals surface area (Å²) in [4.78, 5) is 11.8. The highest BCUT2D eigenvalue weighted by molar-refractivity contribution is 7.92. The Morgan fingerprint density at radius 2 is 1.77 bits per heavy atom. The van der Waals surface area contributed by atoms with Gasteiger partial charge < -0.3 is 10.1 Å². The Morgan fingerprint density at radius 3 is 2.31 bits per heavy atom. The van der Waals surface area contributed by atoms with Crippen LogP contribution in [0.1, 0.15) is 6.92 Å². The molecule has 0 bridgehead atoms. The summed E-state index contributed by atoms with van der Waals surface area (Å²) in [5.41, 5.74) is 0.591. The minimum Gasteiger partial charge on any atom is -0.484 e. The van der Waals surface area contributed by atoms with Crippen molar-refractivity contribution in [3.8, 4) is 5.75 Å². The van der Waals surface area contributed by atoms with Gasteiger partial charge >= 0.3 is 0 Å². The molecule has 0 aromatic heterocycles. The lowest BCUT2D eigenvalue weighted by atomic mass is 10.3. The molecule has 2 aromatic carbocycles. The molecule has 9 heteroatoms. The van der Waals surface area contributed by atoms with Crippen LogP contribution in [0, 0.1) is 11.6 Å². The van der Waals surface area contributed by atoms with Crippen LogP contribution in [0.2, 0.25) is 0 Å². The van der Waals surface area contributed by atoms with Crippen molar-refractivity contribution in [2.75, 3.05) is 29.0 Å². The number of sulfonamides is 1. The Labute approximate surface area is 150 Å². The van der Waals surface area contributed by atoms with Crippen molar-refractivity contribution in [3.05, 3.63) is 54.1 Å². The van der Waals surface area contributed by atoms with Crippen LogP contribution in [0.5, 0.6) is 5.75 Å². The first kappa shape index (κ1) is 19.6. The molecule has 0 unspecified atom stereocenters. The Hall–Kier alpha value is -2.68. The van der Waals surface area contributed by atoms with Gasteiger partial charge in [-0.15, -0.1) is 0 Å². The fourth-order valence-electron chi connectivity index (χ4n) is 2.24. The molecule has 0 fully saturated rings. The van der Waals surface area contributed by atoms with Crippen LogP contribution < -0.4 is 14.4 Å². The highest BCUT2D eigenvalue weighted by atomic mass is 32.2. The fraction of sp³-hybridized carbons (Fsp3) is 0.235. The van der Waals surface area contributed by atoms with Crippen LogP contribution in [0.15, 0.2) is 42.5 Å². The number of ether oxygens (including phenoxy) is 1. The topological polar surface area (TPSA) is 75.7 Å². The van der Waals surface area contributed by atoms with Gasteiger partial charge in [-0.25, -0.2) is 17.2 Å². The lowest BCUT2D eigenvalue weighted by Crippen LogP contribution is -2.29. The number of hydrogen-bond donors (Lipinski definition) is 1. The van der Waals surface area contributed by atoms with Crippen molar-refractivity contribution in [1.29, 1.82) is 0 Å². The lowest BCUT2D eigenvalue weighted by Gasteiger charge is -2.20. The van der Waals surface area contributed by atoms with Crippen molar-refractivity contribution in [2.24, 2.45) is 0 Å². The van der Waals surface area contributed by atoms with Gasteiger partial charge in [0, 0.05) is 18.3 Å². The standard InChI is InChI=1S/C17H18F2N2O4S/c1-3-21(26(2,23)24)13-5-7-14(8-6-13)25-11-17(22)20-12-4-9-15(18)16(19)10-12/h4-10H,3,11H2,1-2H3,(H,20,22). The number of amides is 1. The molecule has 26 heavy (non-hydrogen) atoms. The van der Waals surface area contributed by atoms with Crippen molar-refractivity contribution in [3.63, 3.8) is 0 Å². The van der Waals surface area contributed by atoms with Crippen LogP contribution in [-0.4, -0.2) is 33.7 Å². The maximum absolute atomic E-state index is 13.1. The number of nitrogens with one attached hydrogen (secondary N) is 1. The summed E-state index contributed by atoms with van der Waals surface area (Å²) in [6.07, 6.45) is 1.11. The van der Waals surface area contributed by atoms with E-state index in [0.29, 0.717) is 11.4 Å². The van der Waals surface area contributed by atoms with Gasteiger partial charge in [0.2, 0.25) is 10.0 Å². The zero-order chi connectivity index (χ0) is 19.3. The molecule has 0 saturated heterocycles. The zero-order valence-corrected chi connectivity index (χ0v) is 15.0. The average Bonchev–Trinajstić information content (AvgIpc) is 2.57. The van der Waals surface area contributed by atoms with Gasteiger partial charge in [-0.3, -0.25) is 9.10 Å². The second-order valence-electron chi connectivity index (χ2n) is 5.39. The van der Waals surface area contributed by atoms with Gasteiger partial charge in [0.1, 0.15) is 5.75 Å². The van der Waals surface area contributed by atoms with Gasteiger partial charge in [-0.05, 0) is 43.3 Å². The van der Waals surface area contributed by atoms with Crippen molar-refractivity contribution in [1.82, 2.24) is 0 Å². The van der Waals surface area contributed by atoms with E-state index in [1.54, 1.807) is 19.1 Å². The minimum absolute atomic E-state index is 0.111. The van der Waals surface area contributed by atoms with E-state index < -0.39 is 27.6 Å². The number of anilines is 2. The van der Waals surface area contributed by atoms with Crippen molar-refractivity contribution >= 4 is 27.3 Å². The first-order valence-corrected chi connectivity index (χ1v) is 9.51. The molecule has 0 spiro atoms. The van der Waals surface area contributed by atoms with E-state index in [2.05, 4.69) is 5.32 Å². The highest BCUT2D eigenvalue weighted by Gasteiger charge is 2.15. The summed E-state index contributed by atoms with van der Waals surface area (Å²) in [5, 5.41) is 2.38. The van der Waals surface area contributed by atoms with E-state index in [1.807, 2.05) is 0 Å². The molecule has 140 valence electrons. The molecule has 0 saturated carbocycles. The van der Waals surface area contributed by atoms with Gasteiger partial charge in [0.25, 0.3) is 5.91 Å². The number of halogens is 2. The van der Waals surface area contributed by atoms with Crippen LogP contribution >= 0.6 is 0 Å². The maximum Gasteiger partial charge on any atom is 0.262 e. The number of carbonyl (C=O) groups excluding carboxylic acids is 1. The molecule has 0 aliphatic carbocycles. The maximum atomic E-state index is 13.1. The van der Waals surface area contributed by atoms with Crippen LogP contribution in [-0.2, 0) is 14.8 Å². The normalized spacial score (nSPS) is 11.1. The molecule has 0 atom stereocenters. The Morgan fingerprint density at radius 1 is 1.12 bits per heavy atom. The first-order valence-electron chi connectivity index (χ1n) is 7.66. The molecule has 2 aromatic rings. The molecule has 2 rings (SSSR count). The summed E-state index contributed by atoms with van der Waals surface area (Å²) in [6, 6.07) is 9.20. The van der Waals surface area contributed by atoms with Gasteiger partial charge in [-0.1, -0.05) is 0 Å². The SMILES string of the molecule is CCN(c1ccc(OCC(=O)Nc2ccc(F)c(F)c2)cc1)S(C)(=O)=O. The highest BCUT2D eigenvalue weighted by Crippen LogP contribution is 2.21. The number of carbonyl (C=O) groups is 1. The predicted molar refractivity (Wildman–Crippen MR) is 94.8 cm³/mol. The monoisotopic (exact) mass is 384 g/mol. The van der Waals surface area contributed by atoms with Crippen LogP contribution in [0.4, 0.5) is 20.2 Å². The largest absolute Gasteiger partial charge is 0.484 e. The van der Waals surface area contributed by atoms with Crippen LogP contribution in [0.3, 0.4) is 0 Å². The molecule has 0 aliphatic rings. The number of benzene rings is 2. The molecular weight excluding hydrogens is 366 g/mol. The zero-order valence-electron chi connectivity index (χ0n) is 14.2. The summed E-state index contributed by atoms with van der Waals surface area (Å²) >= 11 is 0. The van der Waals surface area contributed by atoms with Crippen molar-refractivity contribution < 1.29 is 26.7 Å². The summed E-state index contributed by atoms with van der Waals surface area (Å²) in [7, 11) is -3.38. The minimum atomic E-state index is -3.38. The number of hydrogen-bond acceptors (Lipinski definition) is 4. The third-order valence-electron chi connectivity index (χ3n) is 3.39. The van der Waals surface area contributed by atoms with Gasteiger partial charge in [0.05, 0.1) is 11.9 Å². The fourth-order valence-corrected chi connectivity index (χ4v) is 3.21. The van der Waals surface area contributed by atoms with E-state index in [4.69, 9.17) is 4.74 Å². The quantitative estimate of drug-likeness (QED) is 0.797. The molecule has 0 aliphatic heterocycles. The molecule has 0 radical (unpaired) electrons. The average molecular weight is 384 g/mol. The van der Waals surface area contributed by atoms with E-state index in [1.165, 1.54) is 22.5 Å². The predicted octanol–water partition coefficient (Wildman–Crippen LogP) is 2.77. The van der Waals surface area contributed by atoms with Gasteiger partial charge in [0.15, 0.2) is 18.2 Å². The Balaban J connectivity index is 1.95. The Kier molecular flexibility index (Phi) is 6.14. The molecular formula is C17H18F2N2O4S. The smallest absolute Gasteiger partial charge is 0.262 e. The summed E-state index contributed by atoms with van der Waals surface area (Å²) < 4.78 is 55.8. The second-order valence-corrected chi connectivity index (χ2v) is 7.29. The first-order chi connectivity index (χ1) is 12.2. The number of rotatable bonds is 7. The van der Waals surface area contributed by atoms with E-state index in [9.17, 15) is 22.0 Å². The third kappa shape index (κ3) is 5.16. The van der Waals surface area contributed by atoms with Gasteiger partial charge in [-0.2, -0.15) is 0 Å². The molecule has 1 N–H and O–H groups in total. The Bertz CT molecular complexity index is 886. The van der Waals surface area contributed by atoms with Crippen molar-refractivity contribution in [2.45, 2.75) is 6.92 Å². The van der Waals surface area contributed by atoms with E-state index in [0.717, 1.165) is 18.4 Å². The molecule has 1 amide bonds. The third-order valence-corrected chi connectivity index (χ3v) is 4.66. The lowest BCUT2D eigenvalue weighted by molar-refractivity contribution is -0.118. The molecule has 6 nitrogen and oxygen atoms in total. The summed E-state index contributed by atoms with van der Waals surface area (Å²) in [6.45, 7) is 1.66. The van der Waals surface area contributed by atoms with Crippen LogP contribution in [0.25, 0.3) is 0 Å². The number of nitrogens with zero attached hydrogens (tertiary/aromatic N) is 1. The molecule has 0 heterocycles. The van der Waals surface area contributed by atoms with E-state index in [-0.39, 0.29) is 18.8 Å². The van der Waals surface area contributed by atoms with E-state index >= 15 is 0 Å². The summed E-state index contributed by atoms with van der Waals surface area (Å²) in [5.74, 6) is -2.26.